The molecular formula is C14H28N2O. The van der Waals surface area contributed by atoms with Crippen molar-refractivity contribution < 1.29 is 4.79 Å². The van der Waals surface area contributed by atoms with Crippen LogP contribution in [0.4, 0.5) is 0 Å². The largest absolute Gasteiger partial charge is 0.354 e. The van der Waals surface area contributed by atoms with E-state index in [-0.39, 0.29) is 17.4 Å². The fourth-order valence-corrected chi connectivity index (χ4v) is 2.57. The Labute approximate surface area is 106 Å². The number of carbonyl (C=O) groups is 1. The predicted molar refractivity (Wildman–Crippen MR) is 71.6 cm³/mol. The number of hydrogen-bond donors (Lipinski definition) is 2. The maximum atomic E-state index is 12.0. The highest BCUT2D eigenvalue weighted by molar-refractivity contribution is 5.78. The van der Waals surface area contributed by atoms with E-state index in [1.165, 1.54) is 25.7 Å². The van der Waals surface area contributed by atoms with Gasteiger partial charge in [0.05, 0.1) is 0 Å². The summed E-state index contributed by atoms with van der Waals surface area (Å²) in [5, 5.41) is 2.98. The van der Waals surface area contributed by atoms with Gasteiger partial charge in [0.1, 0.15) is 0 Å². The molecule has 17 heavy (non-hydrogen) atoms. The zero-order valence-corrected chi connectivity index (χ0v) is 11.6. The lowest BCUT2D eigenvalue weighted by Crippen LogP contribution is -2.46. The van der Waals surface area contributed by atoms with Gasteiger partial charge in [-0.25, -0.2) is 0 Å². The zero-order valence-electron chi connectivity index (χ0n) is 11.6. The van der Waals surface area contributed by atoms with Gasteiger partial charge in [-0.3, -0.25) is 4.79 Å². The first-order valence-corrected chi connectivity index (χ1v) is 6.99. The Kier molecular flexibility index (Phi) is 5.44. The summed E-state index contributed by atoms with van der Waals surface area (Å²) >= 11 is 0. The molecule has 0 aliphatic heterocycles. The van der Waals surface area contributed by atoms with E-state index in [1.54, 1.807) is 0 Å². The highest BCUT2D eigenvalue weighted by Crippen LogP contribution is 2.31. The summed E-state index contributed by atoms with van der Waals surface area (Å²) in [5.74, 6) is 1.15. The molecule has 0 heterocycles. The lowest BCUT2D eigenvalue weighted by atomic mass is 9.90. The van der Waals surface area contributed by atoms with E-state index in [1.807, 2.05) is 13.8 Å². The summed E-state index contributed by atoms with van der Waals surface area (Å²) in [6.45, 7) is 6.54. The first-order chi connectivity index (χ1) is 7.92. The van der Waals surface area contributed by atoms with Crippen molar-refractivity contribution in [3.63, 3.8) is 0 Å². The van der Waals surface area contributed by atoms with Crippen LogP contribution in [0.1, 0.15) is 59.3 Å². The van der Waals surface area contributed by atoms with Gasteiger partial charge in [0.2, 0.25) is 5.91 Å². The van der Waals surface area contributed by atoms with Crippen molar-refractivity contribution in [1.82, 2.24) is 5.32 Å². The van der Waals surface area contributed by atoms with Crippen molar-refractivity contribution in [1.29, 1.82) is 0 Å². The summed E-state index contributed by atoms with van der Waals surface area (Å²) in [5.41, 5.74) is 5.56. The third-order valence-corrected chi connectivity index (χ3v) is 3.67. The minimum atomic E-state index is -0.318. The van der Waals surface area contributed by atoms with Crippen molar-refractivity contribution in [3.8, 4) is 0 Å². The van der Waals surface area contributed by atoms with Gasteiger partial charge in [0.15, 0.2) is 0 Å². The summed E-state index contributed by atoms with van der Waals surface area (Å²) in [7, 11) is 0. The van der Waals surface area contributed by atoms with Crippen LogP contribution in [-0.2, 0) is 4.79 Å². The number of hydrogen-bond acceptors (Lipinski definition) is 2. The van der Waals surface area contributed by atoms with E-state index in [0.717, 1.165) is 18.8 Å². The molecule has 0 aromatic carbocycles. The zero-order chi connectivity index (χ0) is 12.9. The van der Waals surface area contributed by atoms with Gasteiger partial charge in [0, 0.05) is 18.0 Å². The molecule has 1 aliphatic rings. The van der Waals surface area contributed by atoms with Gasteiger partial charge in [-0.2, -0.15) is 0 Å². The first kappa shape index (κ1) is 14.5. The fraction of sp³-hybridized carbons (Fsp3) is 0.929. The van der Waals surface area contributed by atoms with E-state index in [9.17, 15) is 4.79 Å². The van der Waals surface area contributed by atoms with Crippen LogP contribution in [0.2, 0.25) is 0 Å². The molecule has 3 heteroatoms. The van der Waals surface area contributed by atoms with Crippen molar-refractivity contribution >= 4 is 5.91 Å². The number of nitrogens with one attached hydrogen (secondary N) is 1. The van der Waals surface area contributed by atoms with Crippen LogP contribution in [0.3, 0.4) is 0 Å². The molecule has 1 atom stereocenters. The lowest BCUT2D eigenvalue weighted by molar-refractivity contribution is -0.125. The third kappa shape index (κ3) is 5.53. The average Bonchev–Trinajstić information content (AvgIpc) is 2.74. The molecule has 0 saturated heterocycles. The minimum absolute atomic E-state index is 0.181. The second-order valence-electron chi connectivity index (χ2n) is 6.20. The summed E-state index contributed by atoms with van der Waals surface area (Å²) in [6.07, 6.45) is 7.32. The predicted octanol–water partition coefficient (Wildman–Crippen LogP) is 2.45. The van der Waals surface area contributed by atoms with Gasteiger partial charge in [-0.05, 0) is 32.6 Å². The molecule has 1 amide bonds. The quantitative estimate of drug-likeness (QED) is 0.749. The van der Waals surface area contributed by atoms with Gasteiger partial charge in [-0.1, -0.05) is 32.6 Å². The van der Waals surface area contributed by atoms with E-state index in [2.05, 4.69) is 12.2 Å². The highest BCUT2D eigenvalue weighted by atomic mass is 16.1. The SMILES string of the molecule is CCC(CC1CCCC1)C(=O)NCC(C)(C)N. The maximum absolute atomic E-state index is 12.0. The number of nitrogens with two attached hydrogens (primary N) is 1. The van der Waals surface area contributed by atoms with Crippen molar-refractivity contribution in [2.45, 2.75) is 64.8 Å². The topological polar surface area (TPSA) is 55.1 Å². The molecule has 0 aromatic heterocycles. The minimum Gasteiger partial charge on any atom is -0.354 e. The molecular weight excluding hydrogens is 212 g/mol. The first-order valence-electron chi connectivity index (χ1n) is 6.99. The van der Waals surface area contributed by atoms with Crippen molar-refractivity contribution in [3.05, 3.63) is 0 Å². The molecule has 1 saturated carbocycles. The smallest absolute Gasteiger partial charge is 0.223 e. The average molecular weight is 240 g/mol. The van der Waals surface area contributed by atoms with Crippen LogP contribution in [0.15, 0.2) is 0 Å². The second kappa shape index (κ2) is 6.39. The van der Waals surface area contributed by atoms with E-state index >= 15 is 0 Å². The summed E-state index contributed by atoms with van der Waals surface area (Å²) < 4.78 is 0. The Morgan fingerprint density at radius 1 is 1.41 bits per heavy atom. The Morgan fingerprint density at radius 2 is 2.00 bits per heavy atom. The van der Waals surface area contributed by atoms with Crippen LogP contribution in [0.25, 0.3) is 0 Å². The van der Waals surface area contributed by atoms with Crippen LogP contribution >= 0.6 is 0 Å². The number of amides is 1. The maximum Gasteiger partial charge on any atom is 0.223 e. The van der Waals surface area contributed by atoms with Crippen LogP contribution in [0.5, 0.6) is 0 Å². The lowest BCUT2D eigenvalue weighted by Gasteiger charge is -2.23. The molecule has 1 unspecified atom stereocenters. The van der Waals surface area contributed by atoms with Gasteiger partial charge in [-0.15, -0.1) is 0 Å². The molecule has 0 spiro atoms. The summed E-state index contributed by atoms with van der Waals surface area (Å²) in [4.78, 5) is 12.0. The molecule has 1 rings (SSSR count). The highest BCUT2D eigenvalue weighted by Gasteiger charge is 2.24. The van der Waals surface area contributed by atoms with Crippen LogP contribution in [0, 0.1) is 11.8 Å². The standard InChI is InChI=1S/C14H28N2O/c1-4-12(9-11-7-5-6-8-11)13(17)16-10-14(2,3)15/h11-12H,4-10,15H2,1-3H3,(H,16,17). The molecule has 100 valence electrons. The van der Waals surface area contributed by atoms with Crippen molar-refractivity contribution in [2.24, 2.45) is 17.6 Å². The Bertz CT molecular complexity index is 239. The van der Waals surface area contributed by atoms with Gasteiger partial charge >= 0.3 is 0 Å². The van der Waals surface area contributed by atoms with E-state index < -0.39 is 0 Å². The number of carbonyl (C=O) groups excluding carboxylic acids is 1. The Balaban J connectivity index is 2.35. The Morgan fingerprint density at radius 3 is 2.47 bits per heavy atom. The van der Waals surface area contributed by atoms with E-state index in [4.69, 9.17) is 5.73 Å². The molecule has 1 aliphatic carbocycles. The molecule has 0 aromatic rings. The molecule has 0 radical (unpaired) electrons. The number of rotatable bonds is 6. The molecule has 3 nitrogen and oxygen atoms in total. The third-order valence-electron chi connectivity index (χ3n) is 3.67. The molecule has 1 fully saturated rings. The van der Waals surface area contributed by atoms with Gasteiger partial charge < -0.3 is 11.1 Å². The molecule has 0 bridgehead atoms. The van der Waals surface area contributed by atoms with Crippen molar-refractivity contribution in [2.75, 3.05) is 6.54 Å². The normalized spacial score (nSPS) is 19.3. The van der Waals surface area contributed by atoms with Crippen LogP contribution < -0.4 is 11.1 Å². The monoisotopic (exact) mass is 240 g/mol. The van der Waals surface area contributed by atoms with Crippen LogP contribution in [-0.4, -0.2) is 18.0 Å². The van der Waals surface area contributed by atoms with Gasteiger partial charge in [0.25, 0.3) is 0 Å². The van der Waals surface area contributed by atoms with E-state index in [0.29, 0.717) is 6.54 Å². The summed E-state index contributed by atoms with van der Waals surface area (Å²) in [6, 6.07) is 0. The molecule has 3 N–H and O–H groups in total. The Hall–Kier alpha value is -0.570. The fourth-order valence-electron chi connectivity index (χ4n) is 2.57. The second-order valence-corrected chi connectivity index (χ2v) is 6.20.